The maximum atomic E-state index is 12.6. The Kier molecular flexibility index (Phi) is 3.87. The zero-order valence-corrected chi connectivity index (χ0v) is 9.98. The Balaban J connectivity index is 3.15. The number of rotatable bonds is 2. The first-order valence-electron chi connectivity index (χ1n) is 4.44. The summed E-state index contributed by atoms with van der Waals surface area (Å²) in [6, 6.07) is 3.25. The number of hydrogen-bond acceptors (Lipinski definition) is 1. The molecule has 0 aliphatic heterocycles. The summed E-state index contributed by atoms with van der Waals surface area (Å²) in [5.41, 5.74) is -0.745. The molecule has 0 saturated heterocycles. The number of alkyl halides is 3. The van der Waals surface area contributed by atoms with Gasteiger partial charge in [0.05, 0.1) is 11.6 Å². The Bertz CT molecular complexity index is 420. The van der Waals surface area contributed by atoms with Gasteiger partial charge in [-0.2, -0.15) is 13.2 Å². The lowest BCUT2D eigenvalue weighted by atomic mass is 10.1. The van der Waals surface area contributed by atoms with Crippen molar-refractivity contribution >= 4 is 21.6 Å². The van der Waals surface area contributed by atoms with E-state index in [2.05, 4.69) is 27.2 Å². The van der Waals surface area contributed by atoms with E-state index < -0.39 is 17.8 Å². The minimum atomic E-state index is -4.39. The lowest BCUT2D eigenvalue weighted by molar-refractivity contribution is -0.137. The number of benzene rings is 1. The highest BCUT2D eigenvalue weighted by Gasteiger charge is 2.33. The topological polar surface area (TPSA) is 12.0 Å². The van der Waals surface area contributed by atoms with Crippen LogP contribution in [0.15, 0.2) is 22.7 Å². The van der Waals surface area contributed by atoms with Crippen molar-refractivity contribution in [3.8, 4) is 12.3 Å². The van der Waals surface area contributed by atoms with E-state index in [4.69, 9.17) is 6.42 Å². The van der Waals surface area contributed by atoms with Crippen LogP contribution in [0.25, 0.3) is 0 Å². The summed E-state index contributed by atoms with van der Waals surface area (Å²) < 4.78 is 38.4. The molecule has 0 aliphatic rings. The minimum absolute atomic E-state index is 0.0210. The maximum Gasteiger partial charge on any atom is 0.418 e. The number of terminal acetylenes is 1. The van der Waals surface area contributed by atoms with Crippen LogP contribution in [0.3, 0.4) is 0 Å². The van der Waals surface area contributed by atoms with Crippen molar-refractivity contribution in [2.75, 3.05) is 5.32 Å². The Labute approximate surface area is 100 Å². The highest BCUT2D eigenvalue weighted by Crippen LogP contribution is 2.36. The van der Waals surface area contributed by atoms with Crippen molar-refractivity contribution < 1.29 is 13.2 Å². The van der Waals surface area contributed by atoms with Gasteiger partial charge in [0.15, 0.2) is 0 Å². The van der Waals surface area contributed by atoms with Crippen molar-refractivity contribution in [1.29, 1.82) is 0 Å². The van der Waals surface area contributed by atoms with Crippen LogP contribution in [0.1, 0.15) is 12.5 Å². The van der Waals surface area contributed by atoms with E-state index in [9.17, 15) is 13.2 Å². The molecule has 5 heteroatoms. The molecule has 0 fully saturated rings. The van der Waals surface area contributed by atoms with Gasteiger partial charge in [-0.25, -0.2) is 0 Å². The fourth-order valence-corrected chi connectivity index (χ4v) is 1.52. The zero-order chi connectivity index (χ0) is 12.3. The molecule has 0 aromatic heterocycles. The smallest absolute Gasteiger partial charge is 0.371 e. The molecule has 0 spiro atoms. The predicted molar refractivity (Wildman–Crippen MR) is 61.1 cm³/mol. The van der Waals surface area contributed by atoms with Gasteiger partial charge in [0.25, 0.3) is 0 Å². The van der Waals surface area contributed by atoms with Crippen LogP contribution in [-0.4, -0.2) is 6.04 Å². The Morgan fingerprint density at radius 1 is 1.44 bits per heavy atom. The van der Waals surface area contributed by atoms with Crippen LogP contribution in [0.5, 0.6) is 0 Å². The Morgan fingerprint density at radius 2 is 2.06 bits per heavy atom. The van der Waals surface area contributed by atoms with Crippen molar-refractivity contribution in [3.05, 3.63) is 28.2 Å². The quantitative estimate of drug-likeness (QED) is 0.815. The van der Waals surface area contributed by atoms with Gasteiger partial charge < -0.3 is 5.32 Å². The third kappa shape index (κ3) is 3.17. The van der Waals surface area contributed by atoms with E-state index in [1.807, 2.05) is 0 Å². The minimum Gasteiger partial charge on any atom is -0.371 e. The molecule has 0 bridgehead atoms. The zero-order valence-electron chi connectivity index (χ0n) is 8.40. The largest absolute Gasteiger partial charge is 0.418 e. The standard InChI is InChI=1S/C11H9BrF3N/c1-3-7(2)16-10-6-8(12)4-5-9(10)11(13,14)15/h1,4-7,16H,2H3. The van der Waals surface area contributed by atoms with Gasteiger partial charge in [0, 0.05) is 10.2 Å². The number of hydrogen-bond donors (Lipinski definition) is 1. The molecule has 1 rings (SSSR count). The molecule has 1 atom stereocenters. The van der Waals surface area contributed by atoms with Crippen molar-refractivity contribution in [2.24, 2.45) is 0 Å². The van der Waals surface area contributed by atoms with Gasteiger partial charge in [-0.3, -0.25) is 0 Å². The fraction of sp³-hybridized carbons (Fsp3) is 0.273. The van der Waals surface area contributed by atoms with Crippen LogP contribution in [0.2, 0.25) is 0 Å². The number of nitrogens with one attached hydrogen (secondary N) is 1. The average Bonchev–Trinajstić information content (AvgIpc) is 2.15. The molecule has 0 amide bonds. The Hall–Kier alpha value is -1.15. The van der Waals surface area contributed by atoms with Crippen molar-refractivity contribution in [3.63, 3.8) is 0 Å². The summed E-state index contributed by atoms with van der Waals surface area (Å²) in [7, 11) is 0. The summed E-state index contributed by atoms with van der Waals surface area (Å²) in [4.78, 5) is 0. The van der Waals surface area contributed by atoms with Gasteiger partial charge in [-0.15, -0.1) is 6.42 Å². The second-order valence-corrected chi connectivity index (χ2v) is 4.14. The first kappa shape index (κ1) is 12.9. The van der Waals surface area contributed by atoms with E-state index in [0.717, 1.165) is 6.07 Å². The van der Waals surface area contributed by atoms with Crippen LogP contribution in [0.4, 0.5) is 18.9 Å². The third-order valence-corrected chi connectivity index (χ3v) is 2.40. The van der Waals surface area contributed by atoms with Gasteiger partial charge >= 0.3 is 6.18 Å². The van der Waals surface area contributed by atoms with Crippen molar-refractivity contribution in [1.82, 2.24) is 0 Å². The first-order chi connectivity index (χ1) is 7.34. The van der Waals surface area contributed by atoms with Gasteiger partial charge in [-0.05, 0) is 25.1 Å². The molecule has 1 N–H and O–H groups in total. The third-order valence-electron chi connectivity index (χ3n) is 1.91. The Morgan fingerprint density at radius 3 is 2.56 bits per heavy atom. The highest BCUT2D eigenvalue weighted by molar-refractivity contribution is 9.10. The van der Waals surface area contributed by atoms with Gasteiger partial charge in [0.2, 0.25) is 0 Å². The van der Waals surface area contributed by atoms with Crippen LogP contribution in [0, 0.1) is 12.3 Å². The molecular weight excluding hydrogens is 283 g/mol. The van der Waals surface area contributed by atoms with Gasteiger partial charge in [0.1, 0.15) is 0 Å². The monoisotopic (exact) mass is 291 g/mol. The van der Waals surface area contributed by atoms with Crippen LogP contribution < -0.4 is 5.32 Å². The second-order valence-electron chi connectivity index (χ2n) is 3.22. The molecule has 16 heavy (non-hydrogen) atoms. The van der Waals surface area contributed by atoms with E-state index >= 15 is 0 Å². The molecule has 0 radical (unpaired) electrons. The summed E-state index contributed by atoms with van der Waals surface area (Å²) >= 11 is 3.12. The molecule has 1 unspecified atom stereocenters. The molecule has 86 valence electrons. The predicted octanol–water partition coefficient (Wildman–Crippen LogP) is 3.90. The van der Waals surface area contributed by atoms with E-state index in [0.29, 0.717) is 4.47 Å². The number of halogens is 4. The highest BCUT2D eigenvalue weighted by atomic mass is 79.9. The summed E-state index contributed by atoms with van der Waals surface area (Å²) in [6.45, 7) is 1.61. The van der Waals surface area contributed by atoms with E-state index in [-0.39, 0.29) is 5.69 Å². The average molecular weight is 292 g/mol. The molecule has 1 aromatic carbocycles. The molecule has 1 aromatic rings. The molecule has 0 heterocycles. The van der Waals surface area contributed by atoms with Gasteiger partial charge in [-0.1, -0.05) is 21.9 Å². The summed E-state index contributed by atoms with van der Waals surface area (Å²) in [5, 5.41) is 2.62. The normalized spacial score (nSPS) is 13.0. The van der Waals surface area contributed by atoms with Crippen molar-refractivity contribution in [2.45, 2.75) is 19.1 Å². The lowest BCUT2D eigenvalue weighted by Gasteiger charge is -2.16. The molecular formula is C11H9BrF3N. The fourth-order valence-electron chi connectivity index (χ4n) is 1.16. The van der Waals surface area contributed by atoms with Crippen LogP contribution >= 0.6 is 15.9 Å². The number of anilines is 1. The van der Waals surface area contributed by atoms with Crippen LogP contribution in [-0.2, 0) is 6.18 Å². The lowest BCUT2D eigenvalue weighted by Crippen LogP contribution is -2.17. The SMILES string of the molecule is C#CC(C)Nc1cc(Br)ccc1C(F)(F)F. The molecule has 0 aliphatic carbocycles. The summed E-state index contributed by atoms with van der Waals surface area (Å²) in [5.74, 6) is 2.32. The van der Waals surface area contributed by atoms with E-state index in [1.165, 1.54) is 12.1 Å². The maximum absolute atomic E-state index is 12.6. The first-order valence-corrected chi connectivity index (χ1v) is 5.23. The molecule has 1 nitrogen and oxygen atoms in total. The van der Waals surface area contributed by atoms with E-state index in [1.54, 1.807) is 6.92 Å². The second kappa shape index (κ2) is 4.79. The summed E-state index contributed by atoms with van der Waals surface area (Å²) in [6.07, 6.45) is 0.720. The molecule has 0 saturated carbocycles.